The summed E-state index contributed by atoms with van der Waals surface area (Å²) in [6.07, 6.45) is 3.01. The molecule has 2 aromatic rings. The Morgan fingerprint density at radius 2 is 2.11 bits per heavy atom. The second kappa shape index (κ2) is 5.44. The maximum atomic E-state index is 13.5. The molecule has 1 aromatic heterocycles. The molecule has 0 atom stereocenters. The first kappa shape index (κ1) is 12.3. The van der Waals surface area contributed by atoms with Crippen molar-refractivity contribution in [3.8, 4) is 0 Å². The van der Waals surface area contributed by atoms with E-state index in [1.165, 1.54) is 0 Å². The molecule has 2 rings (SSSR count). The van der Waals surface area contributed by atoms with E-state index < -0.39 is 5.82 Å². The van der Waals surface area contributed by atoms with Crippen LogP contribution >= 0.6 is 0 Å². The Kier molecular flexibility index (Phi) is 3.72. The van der Waals surface area contributed by atoms with Crippen LogP contribution in [0.5, 0.6) is 0 Å². The van der Waals surface area contributed by atoms with Crippen LogP contribution in [-0.2, 0) is 6.42 Å². The lowest BCUT2D eigenvalue weighted by molar-refractivity contribution is 0.619. The van der Waals surface area contributed by atoms with Crippen LogP contribution in [0.3, 0.4) is 0 Å². The number of aromatic nitrogens is 2. The number of halogens is 1. The van der Waals surface area contributed by atoms with Crippen molar-refractivity contribution in [2.75, 3.05) is 11.1 Å². The van der Waals surface area contributed by atoms with Crippen LogP contribution in [0.25, 0.3) is 0 Å². The highest BCUT2D eigenvalue weighted by Crippen LogP contribution is 2.22. The molecule has 3 N–H and O–H groups in total. The third-order valence-corrected chi connectivity index (χ3v) is 2.55. The van der Waals surface area contributed by atoms with Gasteiger partial charge in [-0.1, -0.05) is 31.5 Å². The summed E-state index contributed by atoms with van der Waals surface area (Å²) < 4.78 is 13.5. The molecule has 4 nitrogen and oxygen atoms in total. The largest absolute Gasteiger partial charge is 0.368 e. The smallest absolute Gasteiger partial charge is 0.222 e. The van der Waals surface area contributed by atoms with Crippen molar-refractivity contribution < 1.29 is 4.39 Å². The summed E-state index contributed by atoms with van der Waals surface area (Å²) in [5.41, 5.74) is 7.41. The van der Waals surface area contributed by atoms with E-state index in [-0.39, 0.29) is 11.8 Å². The zero-order valence-electron chi connectivity index (χ0n) is 10.2. The number of nitrogen functional groups attached to an aromatic ring is 1. The molecule has 0 spiro atoms. The number of aryl methyl sites for hydroxylation is 1. The van der Waals surface area contributed by atoms with Gasteiger partial charge in [-0.05, 0) is 18.1 Å². The number of rotatable bonds is 4. The minimum absolute atomic E-state index is 0.0480. The van der Waals surface area contributed by atoms with Crippen LogP contribution in [0.2, 0.25) is 0 Å². The first-order valence-corrected chi connectivity index (χ1v) is 5.83. The monoisotopic (exact) mass is 246 g/mol. The van der Waals surface area contributed by atoms with Crippen LogP contribution in [0.1, 0.15) is 18.9 Å². The van der Waals surface area contributed by atoms with Gasteiger partial charge in [0, 0.05) is 5.69 Å². The molecule has 1 aromatic carbocycles. The molecule has 0 fully saturated rings. The van der Waals surface area contributed by atoms with Crippen molar-refractivity contribution in [1.82, 2.24) is 9.97 Å². The Morgan fingerprint density at radius 3 is 2.89 bits per heavy atom. The van der Waals surface area contributed by atoms with Gasteiger partial charge in [-0.25, -0.2) is 9.37 Å². The highest BCUT2D eigenvalue weighted by atomic mass is 19.1. The standard InChI is InChI=1S/C13H15FN4/c1-2-5-9-6-3-4-7-11(9)17-12-10(14)8-16-13(15)18-12/h3-4,6-8H,2,5H2,1H3,(H3,15,16,17,18). The highest BCUT2D eigenvalue weighted by Gasteiger charge is 2.08. The molecule has 0 amide bonds. The Bertz CT molecular complexity index is 542. The lowest BCUT2D eigenvalue weighted by atomic mass is 10.1. The Hall–Kier alpha value is -2.17. The van der Waals surface area contributed by atoms with Crippen LogP contribution in [-0.4, -0.2) is 9.97 Å². The summed E-state index contributed by atoms with van der Waals surface area (Å²) in [6.45, 7) is 2.10. The molecule has 94 valence electrons. The fraction of sp³-hybridized carbons (Fsp3) is 0.231. The van der Waals surface area contributed by atoms with E-state index in [1.807, 2.05) is 24.3 Å². The number of benzene rings is 1. The summed E-state index contributed by atoms with van der Waals surface area (Å²) in [7, 11) is 0. The third-order valence-electron chi connectivity index (χ3n) is 2.55. The average Bonchev–Trinajstić information content (AvgIpc) is 2.36. The van der Waals surface area contributed by atoms with Gasteiger partial charge < -0.3 is 11.1 Å². The first-order chi connectivity index (χ1) is 8.70. The number of nitrogens with one attached hydrogen (secondary N) is 1. The lowest BCUT2D eigenvalue weighted by Crippen LogP contribution is -2.04. The quantitative estimate of drug-likeness (QED) is 0.870. The number of nitrogens with two attached hydrogens (primary N) is 1. The number of anilines is 3. The van der Waals surface area contributed by atoms with E-state index in [0.717, 1.165) is 30.3 Å². The van der Waals surface area contributed by atoms with E-state index >= 15 is 0 Å². The second-order valence-electron chi connectivity index (χ2n) is 3.96. The first-order valence-electron chi connectivity index (χ1n) is 5.83. The number of hydrogen-bond donors (Lipinski definition) is 2. The zero-order chi connectivity index (χ0) is 13.0. The summed E-state index contributed by atoms with van der Waals surface area (Å²) in [5.74, 6) is -0.367. The van der Waals surface area contributed by atoms with E-state index in [0.29, 0.717) is 0 Å². The van der Waals surface area contributed by atoms with Crippen LogP contribution in [0.4, 0.5) is 21.8 Å². The predicted octanol–water partition coefficient (Wildman–Crippen LogP) is 2.89. The normalized spacial score (nSPS) is 10.3. The highest BCUT2D eigenvalue weighted by molar-refractivity contribution is 5.61. The molecule has 0 saturated heterocycles. The van der Waals surface area contributed by atoms with Gasteiger partial charge in [0.1, 0.15) is 0 Å². The van der Waals surface area contributed by atoms with Gasteiger partial charge >= 0.3 is 0 Å². The average molecular weight is 246 g/mol. The fourth-order valence-corrected chi connectivity index (χ4v) is 1.73. The van der Waals surface area contributed by atoms with Gasteiger partial charge in [0.15, 0.2) is 11.6 Å². The van der Waals surface area contributed by atoms with Crippen molar-refractivity contribution in [3.63, 3.8) is 0 Å². The second-order valence-corrected chi connectivity index (χ2v) is 3.96. The van der Waals surface area contributed by atoms with E-state index in [1.54, 1.807) is 0 Å². The van der Waals surface area contributed by atoms with Gasteiger partial charge in [-0.3, -0.25) is 0 Å². The summed E-state index contributed by atoms with van der Waals surface area (Å²) >= 11 is 0. The molecule has 0 bridgehead atoms. The van der Waals surface area contributed by atoms with E-state index in [4.69, 9.17) is 5.73 Å². The number of hydrogen-bond acceptors (Lipinski definition) is 4. The molecule has 0 aliphatic heterocycles. The Labute approximate surface area is 105 Å². The van der Waals surface area contributed by atoms with Gasteiger partial charge in [0.2, 0.25) is 5.95 Å². The minimum Gasteiger partial charge on any atom is -0.368 e. The third kappa shape index (κ3) is 2.74. The van der Waals surface area contributed by atoms with Gasteiger partial charge in [-0.15, -0.1) is 0 Å². The molecule has 18 heavy (non-hydrogen) atoms. The SMILES string of the molecule is CCCc1ccccc1Nc1nc(N)ncc1F. The van der Waals surface area contributed by atoms with Gasteiger partial charge in [0.05, 0.1) is 6.20 Å². The predicted molar refractivity (Wildman–Crippen MR) is 70.1 cm³/mol. The molecule has 0 unspecified atom stereocenters. The van der Waals surface area contributed by atoms with E-state index in [9.17, 15) is 4.39 Å². The summed E-state index contributed by atoms with van der Waals surface area (Å²) in [6, 6.07) is 7.75. The topological polar surface area (TPSA) is 63.8 Å². The van der Waals surface area contributed by atoms with Crippen LogP contribution in [0, 0.1) is 5.82 Å². The maximum Gasteiger partial charge on any atom is 0.222 e. The van der Waals surface area contributed by atoms with Crippen molar-refractivity contribution in [1.29, 1.82) is 0 Å². The molecular weight excluding hydrogens is 231 g/mol. The Balaban J connectivity index is 2.30. The fourth-order valence-electron chi connectivity index (χ4n) is 1.73. The molecular formula is C13H15FN4. The molecule has 0 saturated carbocycles. The molecule has 0 aliphatic rings. The van der Waals surface area contributed by atoms with Crippen molar-refractivity contribution in [3.05, 3.63) is 41.8 Å². The maximum absolute atomic E-state index is 13.5. The van der Waals surface area contributed by atoms with E-state index in [2.05, 4.69) is 22.2 Å². The Morgan fingerprint density at radius 1 is 1.33 bits per heavy atom. The molecule has 1 heterocycles. The van der Waals surface area contributed by atoms with Gasteiger partial charge in [0.25, 0.3) is 0 Å². The molecule has 0 radical (unpaired) electrons. The van der Waals surface area contributed by atoms with Crippen molar-refractivity contribution in [2.24, 2.45) is 0 Å². The molecule has 5 heteroatoms. The molecule has 0 aliphatic carbocycles. The van der Waals surface area contributed by atoms with Crippen molar-refractivity contribution >= 4 is 17.5 Å². The zero-order valence-corrected chi connectivity index (χ0v) is 10.2. The summed E-state index contributed by atoms with van der Waals surface area (Å²) in [4.78, 5) is 7.44. The summed E-state index contributed by atoms with van der Waals surface area (Å²) in [5, 5.41) is 2.96. The number of nitrogens with zero attached hydrogens (tertiary/aromatic N) is 2. The minimum atomic E-state index is -0.518. The van der Waals surface area contributed by atoms with Crippen LogP contribution < -0.4 is 11.1 Å². The number of para-hydroxylation sites is 1. The lowest BCUT2D eigenvalue weighted by Gasteiger charge is -2.11. The van der Waals surface area contributed by atoms with Crippen molar-refractivity contribution in [2.45, 2.75) is 19.8 Å². The van der Waals surface area contributed by atoms with Gasteiger partial charge in [-0.2, -0.15) is 4.98 Å². The van der Waals surface area contributed by atoms with Crippen LogP contribution in [0.15, 0.2) is 30.5 Å².